The van der Waals surface area contributed by atoms with Gasteiger partial charge in [-0.25, -0.2) is 4.79 Å². The number of ether oxygens (including phenoxy) is 2. The van der Waals surface area contributed by atoms with Crippen LogP contribution in [0.2, 0.25) is 0 Å². The van der Waals surface area contributed by atoms with Crippen LogP contribution in [-0.4, -0.2) is 19.7 Å². The van der Waals surface area contributed by atoms with Gasteiger partial charge in [0.05, 0.1) is 25.1 Å². The monoisotopic (exact) mass is 448 g/mol. The molecule has 0 saturated heterocycles. The van der Waals surface area contributed by atoms with E-state index in [1.807, 2.05) is 66.7 Å². The largest absolute Gasteiger partial charge is 0.493 e. The molecular weight excluding hydrogens is 420 g/mol. The third-order valence-corrected chi connectivity index (χ3v) is 6.39. The zero-order valence-electron chi connectivity index (χ0n) is 18.6. The first kappa shape index (κ1) is 22.1. The first-order valence-corrected chi connectivity index (χ1v) is 11.6. The summed E-state index contributed by atoms with van der Waals surface area (Å²) in [4.78, 5) is 17.1. The Bertz CT molecular complexity index is 1050. The van der Waals surface area contributed by atoms with E-state index in [0.717, 1.165) is 38.9 Å². The van der Waals surface area contributed by atoms with Gasteiger partial charge < -0.3 is 14.8 Å². The molecule has 1 N–H and O–H groups in total. The second kappa shape index (κ2) is 10.0. The van der Waals surface area contributed by atoms with Crippen LogP contribution in [0.4, 0.5) is 16.2 Å². The van der Waals surface area contributed by atoms with Gasteiger partial charge in [0.25, 0.3) is 0 Å². The maximum Gasteiger partial charge on any atom is 0.326 e. The third kappa shape index (κ3) is 4.86. The summed E-state index contributed by atoms with van der Waals surface area (Å²) in [5.41, 5.74) is 2.72. The lowest BCUT2D eigenvalue weighted by Gasteiger charge is -2.31. The number of carbonyl (C=O) groups is 1. The number of nitrogens with zero attached hydrogens (tertiary/aromatic N) is 1. The molecule has 1 aliphatic heterocycles. The van der Waals surface area contributed by atoms with E-state index in [1.165, 1.54) is 0 Å². The maximum absolute atomic E-state index is 13.3. The van der Waals surface area contributed by atoms with Crippen molar-refractivity contribution in [2.45, 2.75) is 36.6 Å². The molecule has 0 unspecified atom stereocenters. The van der Waals surface area contributed by atoms with E-state index in [4.69, 9.17) is 9.47 Å². The highest BCUT2D eigenvalue weighted by molar-refractivity contribution is 7.99. The van der Waals surface area contributed by atoms with Crippen LogP contribution >= 0.6 is 11.8 Å². The number of carbonyl (C=O) groups excluding carboxylic acids is 1. The van der Waals surface area contributed by atoms with Gasteiger partial charge in [-0.3, -0.25) is 4.90 Å². The van der Waals surface area contributed by atoms with Gasteiger partial charge in [-0.05, 0) is 54.3 Å². The summed E-state index contributed by atoms with van der Waals surface area (Å²) in [6.07, 6.45) is 0.984. The minimum Gasteiger partial charge on any atom is -0.493 e. The number of urea groups is 1. The smallest absolute Gasteiger partial charge is 0.326 e. The van der Waals surface area contributed by atoms with Gasteiger partial charge in [0, 0.05) is 16.3 Å². The molecule has 0 saturated carbocycles. The zero-order chi connectivity index (χ0) is 22.5. The van der Waals surface area contributed by atoms with Crippen LogP contribution in [0.25, 0.3) is 0 Å². The third-order valence-electron chi connectivity index (χ3n) is 5.26. The predicted octanol–water partition coefficient (Wildman–Crippen LogP) is 6.63. The summed E-state index contributed by atoms with van der Waals surface area (Å²) in [6, 6.07) is 21.5. The fourth-order valence-electron chi connectivity index (χ4n) is 3.53. The number of benzene rings is 3. The van der Waals surface area contributed by atoms with Gasteiger partial charge >= 0.3 is 6.03 Å². The number of rotatable bonds is 7. The molecule has 1 heterocycles. The fraction of sp³-hybridized carbons (Fsp3) is 0.269. The molecule has 3 aromatic rings. The van der Waals surface area contributed by atoms with Crippen LogP contribution in [0.1, 0.15) is 25.8 Å². The van der Waals surface area contributed by atoms with Gasteiger partial charge in [-0.2, -0.15) is 0 Å². The number of hydrogen-bond donors (Lipinski definition) is 1. The molecule has 0 fully saturated rings. The summed E-state index contributed by atoms with van der Waals surface area (Å²) in [5.74, 6) is 1.98. The molecule has 5 nitrogen and oxygen atoms in total. The van der Waals surface area contributed by atoms with E-state index >= 15 is 0 Å². The minimum atomic E-state index is -0.165. The van der Waals surface area contributed by atoms with E-state index in [9.17, 15) is 4.79 Å². The molecule has 0 radical (unpaired) electrons. The molecule has 32 heavy (non-hydrogen) atoms. The van der Waals surface area contributed by atoms with Crippen molar-refractivity contribution in [1.82, 2.24) is 5.32 Å². The second-order valence-electron chi connectivity index (χ2n) is 8.05. The molecular formula is C26H28N2O3S. The Hall–Kier alpha value is -3.12. The number of anilines is 2. The van der Waals surface area contributed by atoms with Crippen LogP contribution in [0, 0.1) is 5.92 Å². The van der Waals surface area contributed by atoms with Crippen molar-refractivity contribution in [3.8, 4) is 11.5 Å². The van der Waals surface area contributed by atoms with Crippen LogP contribution < -0.4 is 19.7 Å². The summed E-state index contributed by atoms with van der Waals surface area (Å²) in [6.45, 7) is 5.37. The first-order chi connectivity index (χ1) is 15.6. The summed E-state index contributed by atoms with van der Waals surface area (Å²) < 4.78 is 11.4. The second-order valence-corrected chi connectivity index (χ2v) is 9.13. The van der Waals surface area contributed by atoms with Crippen molar-refractivity contribution < 1.29 is 14.3 Å². The fourth-order valence-corrected chi connectivity index (χ4v) is 4.58. The average Bonchev–Trinajstić information content (AvgIpc) is 2.81. The van der Waals surface area contributed by atoms with E-state index in [-0.39, 0.29) is 6.03 Å². The highest BCUT2D eigenvalue weighted by atomic mass is 32.2. The lowest BCUT2D eigenvalue weighted by molar-refractivity contribution is 0.248. The molecule has 0 aromatic heterocycles. The lowest BCUT2D eigenvalue weighted by atomic mass is 10.1. The van der Waals surface area contributed by atoms with Crippen molar-refractivity contribution in [1.29, 1.82) is 0 Å². The quantitative estimate of drug-likeness (QED) is 0.441. The Morgan fingerprint density at radius 2 is 1.62 bits per heavy atom. The first-order valence-electron chi connectivity index (χ1n) is 10.8. The number of hydrogen-bond acceptors (Lipinski definition) is 4. The van der Waals surface area contributed by atoms with Gasteiger partial charge in [-0.1, -0.05) is 55.9 Å². The zero-order valence-corrected chi connectivity index (χ0v) is 19.4. The summed E-state index contributed by atoms with van der Waals surface area (Å²) >= 11 is 1.68. The normalized spacial score (nSPS) is 12.2. The molecule has 0 spiro atoms. The van der Waals surface area contributed by atoms with E-state index in [0.29, 0.717) is 24.8 Å². The van der Waals surface area contributed by atoms with Crippen LogP contribution in [0.15, 0.2) is 76.5 Å². The maximum atomic E-state index is 13.3. The lowest BCUT2D eigenvalue weighted by Crippen LogP contribution is -2.37. The molecule has 4 rings (SSSR count). The van der Waals surface area contributed by atoms with Gasteiger partial charge in [-0.15, -0.1) is 0 Å². The molecule has 166 valence electrons. The van der Waals surface area contributed by atoms with Crippen molar-refractivity contribution in [2.75, 3.05) is 18.6 Å². The SMILES string of the molecule is COc1cc(CNC(=O)N2c3ccccc3Sc3ccccc32)ccc1OCCC(C)C. The van der Waals surface area contributed by atoms with Crippen LogP contribution in [0.3, 0.4) is 0 Å². The van der Waals surface area contributed by atoms with E-state index in [2.05, 4.69) is 19.2 Å². The van der Waals surface area contributed by atoms with Crippen LogP contribution in [-0.2, 0) is 6.54 Å². The number of nitrogens with one attached hydrogen (secondary N) is 1. The molecule has 2 amide bonds. The molecule has 0 aliphatic carbocycles. The number of amides is 2. The Morgan fingerprint density at radius 3 is 2.25 bits per heavy atom. The van der Waals surface area contributed by atoms with Crippen molar-refractivity contribution in [3.63, 3.8) is 0 Å². The predicted molar refractivity (Wildman–Crippen MR) is 129 cm³/mol. The van der Waals surface area contributed by atoms with Crippen molar-refractivity contribution in [2.24, 2.45) is 5.92 Å². The Morgan fingerprint density at radius 1 is 0.969 bits per heavy atom. The number of para-hydroxylation sites is 2. The Kier molecular flexibility index (Phi) is 6.90. The number of methoxy groups -OCH3 is 1. The summed E-state index contributed by atoms with van der Waals surface area (Å²) in [7, 11) is 1.63. The Balaban J connectivity index is 1.49. The molecule has 0 atom stereocenters. The van der Waals surface area contributed by atoms with E-state index in [1.54, 1.807) is 23.8 Å². The standard InChI is InChI=1S/C26H28N2O3S/c1-18(2)14-15-31-22-13-12-19(16-23(22)30-3)17-27-26(29)28-20-8-4-6-10-24(20)32-25-11-7-5-9-21(25)28/h4-13,16,18H,14-15,17H2,1-3H3,(H,27,29). The number of fused-ring (bicyclic) bond motifs is 2. The summed E-state index contributed by atoms with van der Waals surface area (Å²) in [5, 5.41) is 3.06. The van der Waals surface area contributed by atoms with E-state index < -0.39 is 0 Å². The van der Waals surface area contributed by atoms with Crippen molar-refractivity contribution in [3.05, 3.63) is 72.3 Å². The van der Waals surface area contributed by atoms with Crippen molar-refractivity contribution >= 4 is 29.2 Å². The Labute approximate surface area is 193 Å². The van der Waals surface area contributed by atoms with Crippen LogP contribution in [0.5, 0.6) is 11.5 Å². The molecule has 1 aliphatic rings. The molecule has 6 heteroatoms. The topological polar surface area (TPSA) is 50.8 Å². The minimum absolute atomic E-state index is 0.165. The highest BCUT2D eigenvalue weighted by Gasteiger charge is 2.27. The molecule has 3 aromatic carbocycles. The highest BCUT2D eigenvalue weighted by Crippen LogP contribution is 2.47. The average molecular weight is 449 g/mol. The van der Waals surface area contributed by atoms with Gasteiger partial charge in [0.1, 0.15) is 0 Å². The van der Waals surface area contributed by atoms with Gasteiger partial charge in [0.2, 0.25) is 0 Å². The molecule has 0 bridgehead atoms. The van der Waals surface area contributed by atoms with Gasteiger partial charge in [0.15, 0.2) is 11.5 Å².